The molecule has 1 aliphatic rings. The van der Waals surface area contributed by atoms with Crippen LogP contribution in [-0.4, -0.2) is 55.1 Å². The standard InChI is InChI=1S/C27H29Cl2N3O4S/c1-35-24-10-5-18(14-25(24)36-2)11-12-31(16-21-4-3-13-37-21)26(33)17-32(20-7-8-20)27(34)30-23-9-6-19(28)15-22(23)29/h3-6,9-10,13-15,20H,7-8,11-12,16-17H2,1-2H3,(H,30,34). The number of anilines is 1. The van der Waals surface area contributed by atoms with E-state index in [4.69, 9.17) is 32.7 Å². The van der Waals surface area contributed by atoms with E-state index < -0.39 is 0 Å². The minimum atomic E-state index is -0.351. The minimum Gasteiger partial charge on any atom is -0.493 e. The maximum atomic E-state index is 13.5. The molecule has 196 valence electrons. The number of hydrogen-bond donors (Lipinski definition) is 1. The summed E-state index contributed by atoms with van der Waals surface area (Å²) in [6, 6.07) is 14.3. The summed E-state index contributed by atoms with van der Waals surface area (Å²) in [6.07, 6.45) is 2.37. The third kappa shape index (κ3) is 7.31. The van der Waals surface area contributed by atoms with E-state index in [9.17, 15) is 9.59 Å². The zero-order valence-electron chi connectivity index (χ0n) is 20.7. The van der Waals surface area contributed by atoms with E-state index in [1.165, 1.54) is 0 Å². The van der Waals surface area contributed by atoms with Gasteiger partial charge in [-0.1, -0.05) is 35.3 Å². The smallest absolute Gasteiger partial charge is 0.322 e. The molecule has 1 aromatic heterocycles. The predicted octanol–water partition coefficient (Wildman–Crippen LogP) is 6.34. The molecule has 0 saturated heterocycles. The van der Waals surface area contributed by atoms with Gasteiger partial charge >= 0.3 is 6.03 Å². The number of benzene rings is 2. The van der Waals surface area contributed by atoms with Crippen LogP contribution < -0.4 is 14.8 Å². The molecular weight excluding hydrogens is 533 g/mol. The van der Waals surface area contributed by atoms with Crippen LogP contribution in [0.1, 0.15) is 23.3 Å². The Kier molecular flexibility index (Phi) is 9.18. The largest absolute Gasteiger partial charge is 0.493 e. The van der Waals surface area contributed by atoms with Crippen LogP contribution in [0.25, 0.3) is 0 Å². The summed E-state index contributed by atoms with van der Waals surface area (Å²) in [5.74, 6) is 1.19. The molecule has 0 unspecified atom stereocenters. The Labute approximate surface area is 230 Å². The molecule has 2 aromatic carbocycles. The monoisotopic (exact) mass is 561 g/mol. The van der Waals surface area contributed by atoms with Crippen molar-refractivity contribution in [3.8, 4) is 11.5 Å². The van der Waals surface area contributed by atoms with E-state index in [1.807, 2.05) is 35.7 Å². The number of ether oxygens (including phenoxy) is 2. The topological polar surface area (TPSA) is 71.1 Å². The van der Waals surface area contributed by atoms with Gasteiger partial charge in [0.25, 0.3) is 0 Å². The first kappa shape index (κ1) is 27.1. The van der Waals surface area contributed by atoms with Crippen molar-refractivity contribution in [2.75, 3.05) is 32.6 Å². The van der Waals surface area contributed by atoms with E-state index in [1.54, 1.807) is 53.6 Å². The van der Waals surface area contributed by atoms with Crippen LogP contribution in [0.15, 0.2) is 53.9 Å². The number of carbonyl (C=O) groups excluding carboxylic acids is 2. The second kappa shape index (κ2) is 12.5. The summed E-state index contributed by atoms with van der Waals surface area (Å²) in [4.78, 5) is 31.2. The van der Waals surface area contributed by atoms with Gasteiger partial charge in [0.05, 0.1) is 31.5 Å². The van der Waals surface area contributed by atoms with E-state index in [0.29, 0.717) is 46.7 Å². The molecule has 0 aliphatic heterocycles. The van der Waals surface area contributed by atoms with E-state index in [-0.39, 0.29) is 24.5 Å². The van der Waals surface area contributed by atoms with Crippen molar-refractivity contribution in [1.29, 1.82) is 0 Å². The molecule has 1 saturated carbocycles. The SMILES string of the molecule is COc1ccc(CCN(Cc2cccs2)C(=O)CN(C(=O)Nc2ccc(Cl)cc2Cl)C2CC2)cc1OC. The van der Waals surface area contributed by atoms with Crippen LogP contribution in [0.3, 0.4) is 0 Å². The molecule has 3 aromatic rings. The number of urea groups is 1. The summed E-state index contributed by atoms with van der Waals surface area (Å²) in [5.41, 5.74) is 1.48. The molecule has 37 heavy (non-hydrogen) atoms. The zero-order valence-corrected chi connectivity index (χ0v) is 23.0. The number of nitrogens with one attached hydrogen (secondary N) is 1. The minimum absolute atomic E-state index is 0.0149. The van der Waals surface area contributed by atoms with Crippen molar-refractivity contribution in [3.63, 3.8) is 0 Å². The van der Waals surface area contributed by atoms with E-state index >= 15 is 0 Å². The number of rotatable bonds is 11. The second-order valence-electron chi connectivity index (χ2n) is 8.75. The fraction of sp³-hybridized carbons (Fsp3) is 0.333. The van der Waals surface area contributed by atoms with Gasteiger partial charge < -0.3 is 24.6 Å². The average molecular weight is 563 g/mol. The van der Waals surface area contributed by atoms with E-state index in [0.717, 1.165) is 23.3 Å². The van der Waals surface area contributed by atoms with Crippen molar-refractivity contribution in [1.82, 2.24) is 9.80 Å². The third-order valence-corrected chi connectivity index (χ3v) is 7.53. The quantitative estimate of drug-likeness (QED) is 0.296. The summed E-state index contributed by atoms with van der Waals surface area (Å²) in [7, 11) is 3.20. The molecule has 0 radical (unpaired) electrons. The summed E-state index contributed by atoms with van der Waals surface area (Å²) < 4.78 is 10.7. The molecule has 1 aliphatic carbocycles. The lowest BCUT2D eigenvalue weighted by Gasteiger charge is -2.28. The fourth-order valence-electron chi connectivity index (χ4n) is 3.96. The number of halogens is 2. The Balaban J connectivity index is 1.46. The Hall–Kier alpha value is -2.94. The molecule has 1 N–H and O–H groups in total. The molecular formula is C27H29Cl2N3O4S. The molecule has 1 fully saturated rings. The van der Waals surface area contributed by atoms with Crippen molar-refractivity contribution >= 4 is 52.2 Å². The fourth-order valence-corrected chi connectivity index (χ4v) is 5.13. The van der Waals surface area contributed by atoms with Crippen LogP contribution in [0.5, 0.6) is 11.5 Å². The number of thiophene rings is 1. The van der Waals surface area contributed by atoms with Gasteiger partial charge in [0, 0.05) is 22.5 Å². The van der Waals surface area contributed by atoms with Gasteiger partial charge in [-0.3, -0.25) is 4.79 Å². The molecule has 3 amide bonds. The maximum absolute atomic E-state index is 13.5. The third-order valence-electron chi connectivity index (χ3n) is 6.12. The summed E-state index contributed by atoms with van der Waals surface area (Å²) >= 11 is 13.8. The van der Waals surface area contributed by atoms with Gasteiger partial charge in [-0.05, 0) is 66.6 Å². The lowest BCUT2D eigenvalue weighted by atomic mass is 10.1. The highest BCUT2D eigenvalue weighted by atomic mass is 35.5. The lowest BCUT2D eigenvalue weighted by Crippen LogP contribution is -2.45. The first-order valence-corrected chi connectivity index (χ1v) is 13.5. The highest BCUT2D eigenvalue weighted by molar-refractivity contribution is 7.09. The van der Waals surface area contributed by atoms with Crippen molar-refractivity contribution in [3.05, 3.63) is 74.4 Å². The Morgan fingerprint density at radius 2 is 1.84 bits per heavy atom. The van der Waals surface area contributed by atoms with Crippen LogP contribution in [0, 0.1) is 0 Å². The van der Waals surface area contributed by atoms with Gasteiger partial charge in [-0.15, -0.1) is 11.3 Å². The maximum Gasteiger partial charge on any atom is 0.322 e. The Bertz CT molecular complexity index is 1230. The molecule has 10 heteroatoms. The lowest BCUT2D eigenvalue weighted by molar-refractivity contribution is -0.132. The molecule has 4 rings (SSSR count). The molecule has 7 nitrogen and oxygen atoms in total. The molecule has 0 spiro atoms. The average Bonchev–Trinajstić information content (AvgIpc) is 3.60. The van der Waals surface area contributed by atoms with Gasteiger partial charge in [-0.2, -0.15) is 0 Å². The van der Waals surface area contributed by atoms with Gasteiger partial charge in [-0.25, -0.2) is 4.79 Å². The first-order chi connectivity index (χ1) is 17.9. The molecule has 1 heterocycles. The van der Waals surface area contributed by atoms with Crippen molar-refractivity contribution in [2.45, 2.75) is 31.8 Å². The number of methoxy groups -OCH3 is 2. The summed E-state index contributed by atoms with van der Waals surface area (Å²) in [6.45, 7) is 0.960. The second-order valence-corrected chi connectivity index (χ2v) is 10.6. The van der Waals surface area contributed by atoms with Gasteiger partial charge in [0.1, 0.15) is 6.54 Å². The van der Waals surface area contributed by atoms with E-state index in [2.05, 4.69) is 5.32 Å². The van der Waals surface area contributed by atoms with Crippen LogP contribution in [-0.2, 0) is 17.8 Å². The van der Waals surface area contributed by atoms with Crippen molar-refractivity contribution in [2.24, 2.45) is 0 Å². The van der Waals surface area contributed by atoms with Crippen LogP contribution in [0.4, 0.5) is 10.5 Å². The predicted molar refractivity (Wildman–Crippen MR) is 148 cm³/mol. The van der Waals surface area contributed by atoms with Crippen LogP contribution in [0.2, 0.25) is 10.0 Å². The number of carbonyl (C=O) groups is 2. The number of amides is 3. The first-order valence-electron chi connectivity index (χ1n) is 11.9. The molecule has 0 bridgehead atoms. The highest BCUT2D eigenvalue weighted by Gasteiger charge is 2.35. The molecule has 0 atom stereocenters. The highest BCUT2D eigenvalue weighted by Crippen LogP contribution is 2.30. The van der Waals surface area contributed by atoms with Gasteiger partial charge in [0.15, 0.2) is 11.5 Å². The normalized spacial score (nSPS) is 12.6. The van der Waals surface area contributed by atoms with Gasteiger partial charge in [0.2, 0.25) is 5.91 Å². The number of hydrogen-bond acceptors (Lipinski definition) is 5. The Morgan fingerprint density at radius 3 is 2.49 bits per heavy atom. The number of nitrogens with zero attached hydrogens (tertiary/aromatic N) is 2. The Morgan fingerprint density at radius 1 is 1.05 bits per heavy atom. The zero-order chi connectivity index (χ0) is 26.4. The van der Waals surface area contributed by atoms with Crippen molar-refractivity contribution < 1.29 is 19.1 Å². The van der Waals surface area contributed by atoms with Crippen LogP contribution >= 0.6 is 34.5 Å². The summed E-state index contributed by atoms with van der Waals surface area (Å²) in [5, 5.41) is 5.65.